The van der Waals surface area contributed by atoms with Crippen LogP contribution in [0.1, 0.15) is 19.8 Å². The Morgan fingerprint density at radius 2 is 2.10 bits per heavy atom. The standard InChI is InChI=1S/C7H15NOS/c1-4-5-6-9-7(10)8(2)3/h4-6H2,1-3H3. The molecule has 0 spiro atoms. The molecule has 0 aromatic heterocycles. The van der Waals surface area contributed by atoms with Gasteiger partial charge in [0.15, 0.2) is 0 Å². The van der Waals surface area contributed by atoms with Crippen molar-refractivity contribution >= 4 is 17.4 Å². The lowest BCUT2D eigenvalue weighted by atomic mass is 10.4. The van der Waals surface area contributed by atoms with E-state index in [1.165, 1.54) is 0 Å². The SMILES string of the molecule is CCCCOC(=S)N(C)C. The summed E-state index contributed by atoms with van der Waals surface area (Å²) in [7, 11) is 3.77. The minimum atomic E-state index is 0.577. The monoisotopic (exact) mass is 161 g/mol. The van der Waals surface area contributed by atoms with E-state index in [4.69, 9.17) is 17.0 Å². The van der Waals surface area contributed by atoms with Crippen LogP contribution >= 0.6 is 12.2 Å². The highest BCUT2D eigenvalue weighted by Gasteiger charge is 1.96. The summed E-state index contributed by atoms with van der Waals surface area (Å²) in [4.78, 5) is 1.80. The third kappa shape index (κ3) is 4.56. The molecule has 0 rings (SSSR count). The molecule has 0 radical (unpaired) electrons. The van der Waals surface area contributed by atoms with Gasteiger partial charge >= 0.3 is 0 Å². The first kappa shape index (κ1) is 9.69. The molecule has 0 unspecified atom stereocenters. The minimum Gasteiger partial charge on any atom is -0.471 e. The molecule has 0 saturated heterocycles. The van der Waals surface area contributed by atoms with Crippen LogP contribution in [0.5, 0.6) is 0 Å². The van der Waals surface area contributed by atoms with Crippen LogP contribution in [-0.2, 0) is 4.74 Å². The van der Waals surface area contributed by atoms with E-state index in [0.29, 0.717) is 5.17 Å². The maximum Gasteiger partial charge on any atom is 0.258 e. The first-order chi connectivity index (χ1) is 4.68. The fourth-order valence-corrected chi connectivity index (χ4v) is 0.516. The van der Waals surface area contributed by atoms with E-state index in [0.717, 1.165) is 19.4 Å². The van der Waals surface area contributed by atoms with Crippen molar-refractivity contribution in [1.29, 1.82) is 0 Å². The molecule has 10 heavy (non-hydrogen) atoms. The van der Waals surface area contributed by atoms with Gasteiger partial charge in [-0.15, -0.1) is 0 Å². The lowest BCUT2D eigenvalue weighted by molar-refractivity contribution is 0.263. The van der Waals surface area contributed by atoms with Crippen molar-refractivity contribution in [1.82, 2.24) is 4.90 Å². The highest BCUT2D eigenvalue weighted by atomic mass is 32.1. The van der Waals surface area contributed by atoms with Gasteiger partial charge in [-0.05, 0) is 18.6 Å². The zero-order valence-corrected chi connectivity index (χ0v) is 7.70. The lowest BCUT2D eigenvalue weighted by Crippen LogP contribution is -2.22. The Balaban J connectivity index is 3.22. The zero-order chi connectivity index (χ0) is 7.98. The van der Waals surface area contributed by atoms with E-state index >= 15 is 0 Å². The molecule has 0 aromatic rings. The maximum absolute atomic E-state index is 5.20. The molecule has 0 aliphatic heterocycles. The van der Waals surface area contributed by atoms with Gasteiger partial charge in [-0.1, -0.05) is 13.3 Å². The van der Waals surface area contributed by atoms with Crippen LogP contribution < -0.4 is 0 Å². The third-order valence-electron chi connectivity index (χ3n) is 1.09. The molecule has 0 atom stereocenters. The van der Waals surface area contributed by atoms with Gasteiger partial charge in [0, 0.05) is 14.1 Å². The average molecular weight is 161 g/mol. The van der Waals surface area contributed by atoms with Gasteiger partial charge in [-0.2, -0.15) is 0 Å². The molecule has 0 aromatic carbocycles. The highest BCUT2D eigenvalue weighted by Crippen LogP contribution is 1.91. The second kappa shape index (κ2) is 5.47. The molecular formula is C7H15NOS. The summed E-state index contributed by atoms with van der Waals surface area (Å²) in [5.74, 6) is 0. The fraction of sp³-hybridized carbons (Fsp3) is 0.857. The third-order valence-corrected chi connectivity index (χ3v) is 1.57. The maximum atomic E-state index is 5.20. The van der Waals surface area contributed by atoms with Crippen LogP contribution in [-0.4, -0.2) is 30.8 Å². The number of nitrogens with zero attached hydrogens (tertiary/aromatic N) is 1. The summed E-state index contributed by atoms with van der Waals surface area (Å²) < 4.78 is 5.20. The van der Waals surface area contributed by atoms with E-state index in [9.17, 15) is 0 Å². The number of hydrogen-bond donors (Lipinski definition) is 0. The Kier molecular flexibility index (Phi) is 5.30. The minimum absolute atomic E-state index is 0.577. The summed E-state index contributed by atoms with van der Waals surface area (Å²) in [6.07, 6.45) is 2.23. The zero-order valence-electron chi connectivity index (χ0n) is 6.89. The van der Waals surface area contributed by atoms with Crippen LogP contribution in [0.25, 0.3) is 0 Å². The number of thiocarbonyl (C=S) groups is 1. The summed E-state index contributed by atoms with van der Waals surface area (Å²) in [6.45, 7) is 2.87. The summed E-state index contributed by atoms with van der Waals surface area (Å²) in [6, 6.07) is 0. The number of rotatable bonds is 3. The number of unbranched alkanes of at least 4 members (excludes halogenated alkanes) is 1. The molecule has 0 fully saturated rings. The van der Waals surface area contributed by atoms with Crippen molar-refractivity contribution in [2.24, 2.45) is 0 Å². The van der Waals surface area contributed by atoms with Crippen molar-refractivity contribution in [3.63, 3.8) is 0 Å². The lowest BCUT2D eigenvalue weighted by Gasteiger charge is -2.13. The van der Waals surface area contributed by atoms with Crippen LogP contribution in [0.3, 0.4) is 0 Å². The Morgan fingerprint density at radius 3 is 2.50 bits per heavy atom. The molecule has 0 amide bonds. The topological polar surface area (TPSA) is 12.5 Å². The van der Waals surface area contributed by atoms with Gasteiger partial charge in [0.05, 0.1) is 6.61 Å². The predicted octanol–water partition coefficient (Wildman–Crippen LogP) is 1.65. The predicted molar refractivity (Wildman–Crippen MR) is 47.1 cm³/mol. The number of ether oxygens (including phenoxy) is 1. The Bertz CT molecular complexity index is 104. The van der Waals surface area contributed by atoms with Crippen molar-refractivity contribution < 1.29 is 4.74 Å². The summed E-state index contributed by atoms with van der Waals surface area (Å²) >= 11 is 4.89. The van der Waals surface area contributed by atoms with Gasteiger partial charge < -0.3 is 9.64 Å². The molecule has 60 valence electrons. The molecule has 0 bridgehead atoms. The summed E-state index contributed by atoms with van der Waals surface area (Å²) in [5, 5.41) is 0.577. The molecular weight excluding hydrogens is 146 g/mol. The molecule has 0 aliphatic carbocycles. The van der Waals surface area contributed by atoms with Crippen LogP contribution in [0.15, 0.2) is 0 Å². The largest absolute Gasteiger partial charge is 0.471 e. The van der Waals surface area contributed by atoms with Gasteiger partial charge in [0.2, 0.25) is 0 Å². The Labute approximate surface area is 68.2 Å². The van der Waals surface area contributed by atoms with Gasteiger partial charge in [0.1, 0.15) is 0 Å². The van der Waals surface area contributed by atoms with Crippen molar-refractivity contribution in [3.05, 3.63) is 0 Å². The highest BCUT2D eigenvalue weighted by molar-refractivity contribution is 7.80. The van der Waals surface area contributed by atoms with Crippen LogP contribution in [0.2, 0.25) is 0 Å². The molecule has 0 aliphatic rings. The fourth-order valence-electron chi connectivity index (χ4n) is 0.433. The van der Waals surface area contributed by atoms with Crippen molar-refractivity contribution in [3.8, 4) is 0 Å². The second-order valence-electron chi connectivity index (χ2n) is 2.36. The molecule has 3 heteroatoms. The Morgan fingerprint density at radius 1 is 1.50 bits per heavy atom. The second-order valence-corrected chi connectivity index (χ2v) is 2.71. The smallest absolute Gasteiger partial charge is 0.258 e. The van der Waals surface area contributed by atoms with Gasteiger partial charge in [0.25, 0.3) is 5.17 Å². The molecule has 0 heterocycles. The molecule has 0 saturated carbocycles. The van der Waals surface area contributed by atoms with Crippen LogP contribution in [0.4, 0.5) is 0 Å². The van der Waals surface area contributed by atoms with E-state index in [1.54, 1.807) is 4.90 Å². The van der Waals surface area contributed by atoms with Crippen LogP contribution in [0, 0.1) is 0 Å². The normalized spacial score (nSPS) is 9.10. The van der Waals surface area contributed by atoms with E-state index < -0.39 is 0 Å². The quantitative estimate of drug-likeness (QED) is 0.461. The number of hydrogen-bond acceptors (Lipinski definition) is 2. The van der Waals surface area contributed by atoms with Crippen molar-refractivity contribution in [2.45, 2.75) is 19.8 Å². The summed E-state index contributed by atoms with van der Waals surface area (Å²) in [5.41, 5.74) is 0. The first-order valence-corrected chi connectivity index (χ1v) is 3.93. The van der Waals surface area contributed by atoms with E-state index in [1.807, 2.05) is 14.1 Å². The van der Waals surface area contributed by atoms with E-state index in [-0.39, 0.29) is 0 Å². The van der Waals surface area contributed by atoms with E-state index in [2.05, 4.69) is 6.92 Å². The molecule has 0 N–H and O–H groups in total. The Hall–Kier alpha value is -0.310. The van der Waals surface area contributed by atoms with Gasteiger partial charge in [-0.3, -0.25) is 0 Å². The average Bonchev–Trinajstić information content (AvgIpc) is 1.88. The molecule has 2 nitrogen and oxygen atoms in total. The first-order valence-electron chi connectivity index (χ1n) is 3.52. The van der Waals surface area contributed by atoms with Crippen molar-refractivity contribution in [2.75, 3.05) is 20.7 Å². The van der Waals surface area contributed by atoms with Gasteiger partial charge in [-0.25, -0.2) is 0 Å².